The van der Waals surface area contributed by atoms with Crippen LogP contribution in [0.5, 0.6) is 0 Å². The number of rotatable bonds is 8. The molecule has 1 aromatic rings. The highest BCUT2D eigenvalue weighted by molar-refractivity contribution is 5.92. The molecule has 2 amide bonds. The molecular weight excluding hydrogens is 302 g/mol. The first-order valence-corrected chi connectivity index (χ1v) is 7.32. The van der Waals surface area contributed by atoms with Crippen LogP contribution in [0.2, 0.25) is 0 Å². The van der Waals surface area contributed by atoms with Gasteiger partial charge in [0, 0.05) is 27.2 Å². The van der Waals surface area contributed by atoms with Gasteiger partial charge in [0.25, 0.3) is 5.91 Å². The lowest BCUT2D eigenvalue weighted by molar-refractivity contribution is -0.137. The summed E-state index contributed by atoms with van der Waals surface area (Å²) in [6.07, 6.45) is 1.27. The van der Waals surface area contributed by atoms with Crippen molar-refractivity contribution in [1.82, 2.24) is 24.8 Å². The van der Waals surface area contributed by atoms with E-state index in [1.54, 1.807) is 14.1 Å². The fourth-order valence-corrected chi connectivity index (χ4v) is 1.86. The van der Waals surface area contributed by atoms with Gasteiger partial charge in [0.15, 0.2) is 5.69 Å². The number of carboxylic acids is 1. The van der Waals surface area contributed by atoms with Crippen LogP contribution >= 0.6 is 0 Å². The molecular formula is C14H23N5O4. The van der Waals surface area contributed by atoms with E-state index in [1.165, 1.54) is 20.7 Å². The Balaban J connectivity index is 2.80. The molecule has 0 aliphatic heterocycles. The number of aliphatic carboxylic acids is 1. The number of hydrogen-bond donors (Lipinski definition) is 1. The molecule has 0 saturated heterocycles. The van der Waals surface area contributed by atoms with Crippen molar-refractivity contribution in [2.24, 2.45) is 5.92 Å². The van der Waals surface area contributed by atoms with E-state index in [0.29, 0.717) is 6.54 Å². The summed E-state index contributed by atoms with van der Waals surface area (Å²) in [6, 6.07) is 0. The minimum absolute atomic E-state index is 0.00735. The normalized spacial score (nSPS) is 10.7. The van der Waals surface area contributed by atoms with Gasteiger partial charge in [-0.3, -0.25) is 14.4 Å². The zero-order valence-electron chi connectivity index (χ0n) is 13.9. The van der Waals surface area contributed by atoms with Crippen molar-refractivity contribution in [3.05, 3.63) is 11.9 Å². The maximum atomic E-state index is 12.4. The summed E-state index contributed by atoms with van der Waals surface area (Å²) in [7, 11) is 3.25. The van der Waals surface area contributed by atoms with E-state index in [9.17, 15) is 14.4 Å². The number of amides is 2. The molecule has 0 fully saturated rings. The quantitative estimate of drug-likeness (QED) is 0.717. The van der Waals surface area contributed by atoms with Crippen LogP contribution in [-0.2, 0) is 16.1 Å². The van der Waals surface area contributed by atoms with E-state index in [-0.39, 0.29) is 42.9 Å². The Labute approximate surface area is 134 Å². The van der Waals surface area contributed by atoms with Crippen molar-refractivity contribution in [2.45, 2.75) is 26.8 Å². The lowest BCUT2D eigenvalue weighted by atomic mass is 10.2. The molecule has 0 unspecified atom stereocenters. The number of nitrogens with zero attached hydrogens (tertiary/aromatic N) is 5. The van der Waals surface area contributed by atoms with Crippen molar-refractivity contribution in [3.63, 3.8) is 0 Å². The largest absolute Gasteiger partial charge is 0.481 e. The summed E-state index contributed by atoms with van der Waals surface area (Å²) in [4.78, 5) is 37.7. The number of carbonyl (C=O) groups excluding carboxylic acids is 2. The molecule has 128 valence electrons. The number of hydrogen-bond acceptors (Lipinski definition) is 5. The van der Waals surface area contributed by atoms with Crippen molar-refractivity contribution >= 4 is 17.8 Å². The SMILES string of the molecule is CC(C)CN(CCC(=O)O)C(=O)c1cn(CC(=O)N(C)C)nn1. The Morgan fingerprint density at radius 1 is 1.30 bits per heavy atom. The van der Waals surface area contributed by atoms with Crippen LogP contribution in [0, 0.1) is 5.92 Å². The molecule has 0 aromatic carbocycles. The first-order valence-electron chi connectivity index (χ1n) is 7.32. The van der Waals surface area contributed by atoms with Crippen molar-refractivity contribution in [3.8, 4) is 0 Å². The molecule has 0 radical (unpaired) electrons. The number of carbonyl (C=O) groups is 3. The summed E-state index contributed by atoms with van der Waals surface area (Å²) in [5, 5.41) is 16.4. The molecule has 0 spiro atoms. The topological polar surface area (TPSA) is 109 Å². The zero-order valence-corrected chi connectivity index (χ0v) is 13.9. The minimum atomic E-state index is -0.966. The van der Waals surface area contributed by atoms with Crippen molar-refractivity contribution < 1.29 is 19.5 Å². The summed E-state index contributed by atoms with van der Waals surface area (Å²) in [5.74, 6) is -1.33. The van der Waals surface area contributed by atoms with Crippen LogP contribution in [-0.4, -0.2) is 74.9 Å². The lowest BCUT2D eigenvalue weighted by Gasteiger charge is -2.22. The standard InChI is InChI=1S/C14H23N5O4/c1-10(2)7-18(6-5-13(21)22)14(23)11-8-19(16-15-11)9-12(20)17(3)4/h8,10H,5-7,9H2,1-4H3,(H,21,22). The fraction of sp³-hybridized carbons (Fsp3) is 0.643. The van der Waals surface area contributed by atoms with E-state index in [0.717, 1.165) is 0 Å². The Hall–Kier alpha value is -2.45. The zero-order chi connectivity index (χ0) is 17.6. The Morgan fingerprint density at radius 2 is 1.96 bits per heavy atom. The second-order valence-electron chi connectivity index (χ2n) is 5.88. The fourth-order valence-electron chi connectivity index (χ4n) is 1.86. The third-order valence-electron chi connectivity index (χ3n) is 3.02. The molecule has 0 bridgehead atoms. The smallest absolute Gasteiger partial charge is 0.305 e. The Morgan fingerprint density at radius 3 is 2.48 bits per heavy atom. The molecule has 1 N–H and O–H groups in total. The molecule has 1 rings (SSSR count). The third-order valence-corrected chi connectivity index (χ3v) is 3.02. The predicted octanol–water partition coefficient (Wildman–Crippen LogP) is -0.0608. The van der Waals surface area contributed by atoms with Gasteiger partial charge in [-0.2, -0.15) is 0 Å². The maximum absolute atomic E-state index is 12.4. The first kappa shape index (κ1) is 18.6. The van der Waals surface area contributed by atoms with Gasteiger partial charge in [0.2, 0.25) is 5.91 Å². The highest BCUT2D eigenvalue weighted by Crippen LogP contribution is 2.06. The summed E-state index contributed by atoms with van der Waals surface area (Å²) in [6.45, 7) is 4.40. The van der Waals surface area contributed by atoms with Crippen LogP contribution in [0.1, 0.15) is 30.8 Å². The van der Waals surface area contributed by atoms with Gasteiger partial charge in [0.05, 0.1) is 12.6 Å². The van der Waals surface area contributed by atoms with Crippen LogP contribution in [0.25, 0.3) is 0 Å². The molecule has 1 aromatic heterocycles. The average Bonchev–Trinajstić information content (AvgIpc) is 2.90. The van der Waals surface area contributed by atoms with Crippen LogP contribution < -0.4 is 0 Å². The minimum Gasteiger partial charge on any atom is -0.481 e. The van der Waals surface area contributed by atoms with E-state index in [2.05, 4.69) is 10.3 Å². The van der Waals surface area contributed by atoms with Gasteiger partial charge >= 0.3 is 5.97 Å². The van der Waals surface area contributed by atoms with E-state index >= 15 is 0 Å². The second kappa shape index (κ2) is 8.25. The maximum Gasteiger partial charge on any atom is 0.305 e. The lowest BCUT2D eigenvalue weighted by Crippen LogP contribution is -2.36. The molecule has 0 aliphatic carbocycles. The summed E-state index contributed by atoms with van der Waals surface area (Å²) < 4.78 is 1.29. The molecule has 0 aliphatic rings. The molecule has 0 atom stereocenters. The predicted molar refractivity (Wildman–Crippen MR) is 81.7 cm³/mol. The summed E-state index contributed by atoms with van der Waals surface area (Å²) >= 11 is 0. The number of aromatic nitrogens is 3. The van der Waals surface area contributed by atoms with Gasteiger partial charge in [0.1, 0.15) is 6.54 Å². The van der Waals surface area contributed by atoms with Gasteiger partial charge in [-0.05, 0) is 5.92 Å². The first-order chi connectivity index (χ1) is 10.7. The van der Waals surface area contributed by atoms with Gasteiger partial charge in [-0.15, -0.1) is 5.10 Å². The summed E-state index contributed by atoms with van der Waals surface area (Å²) in [5.41, 5.74) is 0.0996. The molecule has 23 heavy (non-hydrogen) atoms. The van der Waals surface area contributed by atoms with Crippen LogP contribution in [0.3, 0.4) is 0 Å². The highest BCUT2D eigenvalue weighted by Gasteiger charge is 2.21. The van der Waals surface area contributed by atoms with E-state index in [4.69, 9.17) is 5.11 Å². The van der Waals surface area contributed by atoms with Gasteiger partial charge in [-0.1, -0.05) is 19.1 Å². The number of carboxylic acid groups (broad SMARTS) is 1. The van der Waals surface area contributed by atoms with Crippen LogP contribution in [0.15, 0.2) is 6.20 Å². The monoisotopic (exact) mass is 325 g/mol. The molecule has 0 saturated carbocycles. The number of likely N-dealkylation sites (N-methyl/N-ethyl adjacent to an activating group) is 1. The third kappa shape index (κ3) is 6.05. The second-order valence-corrected chi connectivity index (χ2v) is 5.88. The van der Waals surface area contributed by atoms with Crippen molar-refractivity contribution in [1.29, 1.82) is 0 Å². The Bertz CT molecular complexity index is 567. The van der Waals surface area contributed by atoms with Crippen LogP contribution in [0.4, 0.5) is 0 Å². The van der Waals surface area contributed by atoms with Crippen molar-refractivity contribution in [2.75, 3.05) is 27.2 Å². The highest BCUT2D eigenvalue weighted by atomic mass is 16.4. The van der Waals surface area contributed by atoms with E-state index in [1.807, 2.05) is 13.8 Å². The molecule has 9 heteroatoms. The van der Waals surface area contributed by atoms with E-state index < -0.39 is 5.97 Å². The molecule has 1 heterocycles. The van der Waals surface area contributed by atoms with Gasteiger partial charge in [-0.25, -0.2) is 4.68 Å². The molecule has 9 nitrogen and oxygen atoms in total. The van der Waals surface area contributed by atoms with Gasteiger partial charge < -0.3 is 14.9 Å². The average molecular weight is 325 g/mol. The Kier molecular flexibility index (Phi) is 6.67.